The minimum Gasteiger partial charge on any atom is -0.497 e. The summed E-state index contributed by atoms with van der Waals surface area (Å²) in [6.07, 6.45) is 3.50. The molecule has 138 valence electrons. The Kier molecular flexibility index (Phi) is 4.87. The van der Waals surface area contributed by atoms with Crippen LogP contribution < -0.4 is 14.5 Å². The van der Waals surface area contributed by atoms with Crippen molar-refractivity contribution in [1.82, 2.24) is 9.97 Å². The average Bonchev–Trinajstić information content (AvgIpc) is 2.74. The number of anilines is 2. The lowest BCUT2D eigenvalue weighted by Gasteiger charge is -2.36. The molecule has 4 rings (SSSR count). The minimum absolute atomic E-state index is 0.253. The van der Waals surface area contributed by atoms with Crippen molar-refractivity contribution in [1.29, 1.82) is 0 Å². The number of nitrogens with zero attached hydrogens (tertiary/aromatic N) is 4. The molecule has 0 unspecified atom stereocenters. The van der Waals surface area contributed by atoms with Gasteiger partial charge in [-0.2, -0.15) is 0 Å². The van der Waals surface area contributed by atoms with E-state index in [1.54, 1.807) is 31.6 Å². The van der Waals surface area contributed by atoms with Crippen LogP contribution in [0.5, 0.6) is 5.75 Å². The SMILES string of the molecule is COc1cccc(N2CCN(c3cncc(-c4ccc(F)cc4)n3)CC2)c1. The number of hydrogen-bond acceptors (Lipinski definition) is 5. The zero-order valence-corrected chi connectivity index (χ0v) is 15.2. The van der Waals surface area contributed by atoms with Crippen molar-refractivity contribution >= 4 is 11.5 Å². The van der Waals surface area contributed by atoms with E-state index < -0.39 is 0 Å². The first-order valence-electron chi connectivity index (χ1n) is 8.95. The smallest absolute Gasteiger partial charge is 0.147 e. The van der Waals surface area contributed by atoms with Crippen LogP contribution in [0.3, 0.4) is 0 Å². The summed E-state index contributed by atoms with van der Waals surface area (Å²) in [5.74, 6) is 1.46. The van der Waals surface area contributed by atoms with Gasteiger partial charge in [0.2, 0.25) is 0 Å². The molecule has 1 aromatic heterocycles. The van der Waals surface area contributed by atoms with Crippen LogP contribution in [0.25, 0.3) is 11.3 Å². The van der Waals surface area contributed by atoms with E-state index in [-0.39, 0.29) is 5.82 Å². The number of piperazine rings is 1. The number of ether oxygens (including phenoxy) is 1. The summed E-state index contributed by atoms with van der Waals surface area (Å²) < 4.78 is 18.5. The molecule has 2 heterocycles. The summed E-state index contributed by atoms with van der Waals surface area (Å²) in [5, 5.41) is 0. The van der Waals surface area contributed by atoms with Crippen molar-refractivity contribution in [3.05, 3.63) is 66.7 Å². The van der Waals surface area contributed by atoms with Gasteiger partial charge in [-0.1, -0.05) is 6.07 Å². The second-order valence-corrected chi connectivity index (χ2v) is 6.44. The molecule has 0 spiro atoms. The van der Waals surface area contributed by atoms with Crippen LogP contribution in [0.1, 0.15) is 0 Å². The van der Waals surface area contributed by atoms with Crippen LogP contribution in [-0.4, -0.2) is 43.3 Å². The summed E-state index contributed by atoms with van der Waals surface area (Å²) >= 11 is 0. The molecular formula is C21H21FN4O. The van der Waals surface area contributed by atoms with Crippen molar-refractivity contribution in [2.24, 2.45) is 0 Å². The molecule has 1 fully saturated rings. The molecule has 6 heteroatoms. The van der Waals surface area contributed by atoms with Crippen molar-refractivity contribution in [3.8, 4) is 17.0 Å². The van der Waals surface area contributed by atoms with E-state index in [0.717, 1.165) is 49.0 Å². The lowest BCUT2D eigenvalue weighted by atomic mass is 10.1. The first-order valence-corrected chi connectivity index (χ1v) is 8.95. The second kappa shape index (κ2) is 7.61. The van der Waals surface area contributed by atoms with E-state index in [1.807, 2.05) is 12.1 Å². The Hall–Kier alpha value is -3.15. The van der Waals surface area contributed by atoms with Gasteiger partial charge in [-0.15, -0.1) is 0 Å². The normalized spacial score (nSPS) is 14.3. The van der Waals surface area contributed by atoms with E-state index in [9.17, 15) is 4.39 Å². The number of methoxy groups -OCH3 is 1. The predicted molar refractivity (Wildman–Crippen MR) is 105 cm³/mol. The number of halogens is 1. The quantitative estimate of drug-likeness (QED) is 0.707. The second-order valence-electron chi connectivity index (χ2n) is 6.44. The minimum atomic E-state index is -0.253. The van der Waals surface area contributed by atoms with Gasteiger partial charge in [-0.05, 0) is 36.4 Å². The lowest BCUT2D eigenvalue weighted by Crippen LogP contribution is -2.46. The van der Waals surface area contributed by atoms with E-state index in [4.69, 9.17) is 9.72 Å². The van der Waals surface area contributed by atoms with Crippen molar-refractivity contribution in [3.63, 3.8) is 0 Å². The van der Waals surface area contributed by atoms with Gasteiger partial charge < -0.3 is 14.5 Å². The molecule has 1 saturated heterocycles. The Labute approximate surface area is 158 Å². The van der Waals surface area contributed by atoms with Gasteiger partial charge in [-0.25, -0.2) is 9.37 Å². The van der Waals surface area contributed by atoms with E-state index in [0.29, 0.717) is 0 Å². The molecule has 0 amide bonds. The Morgan fingerprint density at radius 3 is 2.41 bits per heavy atom. The Morgan fingerprint density at radius 1 is 0.926 bits per heavy atom. The third kappa shape index (κ3) is 3.84. The molecule has 1 aliphatic rings. The molecule has 0 saturated carbocycles. The number of rotatable bonds is 4. The molecule has 27 heavy (non-hydrogen) atoms. The number of aromatic nitrogens is 2. The maximum Gasteiger partial charge on any atom is 0.147 e. The van der Waals surface area contributed by atoms with Gasteiger partial charge in [0.05, 0.1) is 25.2 Å². The van der Waals surface area contributed by atoms with E-state index in [2.05, 4.69) is 26.9 Å². The standard InChI is InChI=1S/C21H21FN4O/c1-27-19-4-2-3-18(13-19)25-9-11-26(12-10-25)21-15-23-14-20(24-21)16-5-7-17(22)8-6-16/h2-8,13-15H,9-12H2,1H3. The monoisotopic (exact) mass is 364 g/mol. The summed E-state index contributed by atoms with van der Waals surface area (Å²) in [5.41, 5.74) is 2.78. The van der Waals surface area contributed by atoms with Crippen LogP contribution in [0, 0.1) is 5.82 Å². The topological polar surface area (TPSA) is 41.5 Å². The fourth-order valence-corrected chi connectivity index (χ4v) is 3.27. The fourth-order valence-electron chi connectivity index (χ4n) is 3.27. The Bertz CT molecular complexity index is 908. The molecule has 5 nitrogen and oxygen atoms in total. The molecule has 0 radical (unpaired) electrons. The summed E-state index contributed by atoms with van der Waals surface area (Å²) in [6, 6.07) is 14.5. The number of benzene rings is 2. The van der Waals surface area contributed by atoms with Gasteiger partial charge in [0.25, 0.3) is 0 Å². The van der Waals surface area contributed by atoms with Gasteiger partial charge in [0.1, 0.15) is 17.4 Å². The first kappa shape index (κ1) is 17.3. The highest BCUT2D eigenvalue weighted by Gasteiger charge is 2.19. The summed E-state index contributed by atoms with van der Waals surface area (Å²) in [4.78, 5) is 13.6. The number of hydrogen-bond donors (Lipinski definition) is 0. The van der Waals surface area contributed by atoms with Gasteiger partial charge in [-0.3, -0.25) is 4.98 Å². The zero-order valence-electron chi connectivity index (χ0n) is 15.2. The van der Waals surface area contributed by atoms with Crippen molar-refractivity contribution < 1.29 is 9.13 Å². The molecule has 3 aromatic rings. The third-order valence-corrected chi connectivity index (χ3v) is 4.78. The van der Waals surface area contributed by atoms with E-state index in [1.165, 1.54) is 17.8 Å². The largest absolute Gasteiger partial charge is 0.497 e. The van der Waals surface area contributed by atoms with Crippen LogP contribution >= 0.6 is 0 Å². The maximum atomic E-state index is 13.1. The maximum absolute atomic E-state index is 13.1. The Balaban J connectivity index is 1.46. The summed E-state index contributed by atoms with van der Waals surface area (Å²) in [6.45, 7) is 3.52. The molecule has 2 aromatic carbocycles. The first-order chi connectivity index (χ1) is 13.2. The zero-order chi connectivity index (χ0) is 18.6. The van der Waals surface area contributed by atoms with Crippen molar-refractivity contribution in [2.45, 2.75) is 0 Å². The van der Waals surface area contributed by atoms with Crippen LogP contribution in [0.2, 0.25) is 0 Å². The van der Waals surface area contributed by atoms with Crippen LogP contribution in [0.4, 0.5) is 15.9 Å². The van der Waals surface area contributed by atoms with Crippen molar-refractivity contribution in [2.75, 3.05) is 43.1 Å². The molecule has 1 aliphatic heterocycles. The van der Waals surface area contributed by atoms with Gasteiger partial charge >= 0.3 is 0 Å². The molecule has 0 atom stereocenters. The van der Waals surface area contributed by atoms with Gasteiger partial charge in [0.15, 0.2) is 0 Å². The third-order valence-electron chi connectivity index (χ3n) is 4.78. The summed E-state index contributed by atoms with van der Waals surface area (Å²) in [7, 11) is 1.68. The van der Waals surface area contributed by atoms with Gasteiger partial charge in [0, 0.05) is 43.5 Å². The molecular weight excluding hydrogens is 343 g/mol. The highest BCUT2D eigenvalue weighted by molar-refractivity contribution is 5.60. The van der Waals surface area contributed by atoms with Crippen LogP contribution in [0.15, 0.2) is 60.9 Å². The highest BCUT2D eigenvalue weighted by Crippen LogP contribution is 2.24. The predicted octanol–water partition coefficient (Wildman–Crippen LogP) is 3.62. The molecule has 0 aliphatic carbocycles. The average molecular weight is 364 g/mol. The lowest BCUT2D eigenvalue weighted by molar-refractivity contribution is 0.414. The Morgan fingerprint density at radius 2 is 1.67 bits per heavy atom. The molecule has 0 bridgehead atoms. The fraction of sp³-hybridized carbons (Fsp3) is 0.238. The van der Waals surface area contributed by atoms with Crippen LogP contribution in [-0.2, 0) is 0 Å². The highest BCUT2D eigenvalue weighted by atomic mass is 19.1. The van der Waals surface area contributed by atoms with E-state index >= 15 is 0 Å². The molecule has 0 N–H and O–H groups in total.